The number of likely N-dealkylation sites (tertiary alicyclic amines) is 1. The van der Waals surface area contributed by atoms with E-state index in [9.17, 15) is 4.79 Å². The first-order valence-electron chi connectivity index (χ1n) is 12.2. The van der Waals surface area contributed by atoms with Crippen LogP contribution in [0, 0.1) is 6.92 Å². The standard InChI is InChI=1S/C28H32N4O2S/c1-20-16-26(31(3)29-20)28(33)32-14-12-24(13-15-32)34-23-10-8-21(9-11-23)18-30(2)19-25-17-22-6-4-5-7-27(22)35-25/h4-11,16-17,24H,12-15,18-19H2,1-3H3. The number of rotatable bonds is 7. The van der Waals surface area contributed by atoms with Crippen molar-refractivity contribution in [2.45, 2.75) is 39.0 Å². The summed E-state index contributed by atoms with van der Waals surface area (Å²) in [6.07, 6.45) is 1.80. The van der Waals surface area contributed by atoms with Crippen molar-refractivity contribution in [3.8, 4) is 5.75 Å². The smallest absolute Gasteiger partial charge is 0.272 e. The average Bonchev–Trinajstić information content (AvgIpc) is 3.41. The second kappa shape index (κ2) is 10.2. The molecular formula is C28H32N4O2S. The number of piperidine rings is 1. The maximum absolute atomic E-state index is 12.8. The zero-order valence-corrected chi connectivity index (χ0v) is 21.4. The fourth-order valence-corrected chi connectivity index (χ4v) is 5.91. The molecule has 0 radical (unpaired) electrons. The molecule has 1 amide bonds. The maximum atomic E-state index is 12.8. The van der Waals surface area contributed by atoms with E-state index in [1.807, 2.05) is 36.3 Å². The number of ether oxygens (including phenoxy) is 1. The Morgan fingerprint density at radius 1 is 1.09 bits per heavy atom. The van der Waals surface area contributed by atoms with Gasteiger partial charge in [-0.15, -0.1) is 11.3 Å². The number of fused-ring (bicyclic) bond motifs is 1. The summed E-state index contributed by atoms with van der Waals surface area (Å²) in [4.78, 5) is 18.4. The van der Waals surface area contributed by atoms with Gasteiger partial charge in [-0.3, -0.25) is 14.4 Å². The van der Waals surface area contributed by atoms with Crippen LogP contribution in [0.1, 0.15) is 39.5 Å². The van der Waals surface area contributed by atoms with Crippen LogP contribution < -0.4 is 4.74 Å². The van der Waals surface area contributed by atoms with Crippen LogP contribution in [0.4, 0.5) is 0 Å². The van der Waals surface area contributed by atoms with Gasteiger partial charge in [-0.05, 0) is 55.3 Å². The summed E-state index contributed by atoms with van der Waals surface area (Å²) < 4.78 is 9.25. The molecular weight excluding hydrogens is 456 g/mol. The number of hydrogen-bond donors (Lipinski definition) is 0. The molecule has 1 fully saturated rings. The highest BCUT2D eigenvalue weighted by Crippen LogP contribution is 2.27. The van der Waals surface area contributed by atoms with Crippen LogP contribution >= 0.6 is 11.3 Å². The number of amides is 1. The molecule has 0 aliphatic carbocycles. The Balaban J connectivity index is 1.10. The molecule has 0 spiro atoms. The number of hydrogen-bond acceptors (Lipinski definition) is 5. The molecule has 2 aromatic carbocycles. The van der Waals surface area contributed by atoms with Crippen LogP contribution in [-0.2, 0) is 20.1 Å². The van der Waals surface area contributed by atoms with Crippen LogP contribution in [-0.4, -0.2) is 51.7 Å². The topological polar surface area (TPSA) is 50.6 Å². The highest BCUT2D eigenvalue weighted by atomic mass is 32.1. The zero-order chi connectivity index (χ0) is 24.4. The number of aryl methyl sites for hydroxylation is 2. The Hall–Kier alpha value is -3.16. The Morgan fingerprint density at radius 2 is 1.83 bits per heavy atom. The van der Waals surface area contributed by atoms with E-state index in [0.717, 1.165) is 37.4 Å². The first-order valence-corrected chi connectivity index (χ1v) is 13.0. The molecule has 0 N–H and O–H groups in total. The number of aromatic nitrogens is 2. The molecule has 35 heavy (non-hydrogen) atoms. The van der Waals surface area contributed by atoms with Crippen molar-refractivity contribution in [1.82, 2.24) is 19.6 Å². The van der Waals surface area contributed by atoms with E-state index in [0.29, 0.717) is 18.8 Å². The van der Waals surface area contributed by atoms with Gasteiger partial charge in [0.1, 0.15) is 17.5 Å². The van der Waals surface area contributed by atoms with E-state index in [-0.39, 0.29) is 12.0 Å². The van der Waals surface area contributed by atoms with Gasteiger partial charge in [-0.25, -0.2) is 0 Å². The van der Waals surface area contributed by atoms with Crippen LogP contribution in [0.5, 0.6) is 5.75 Å². The van der Waals surface area contributed by atoms with Crippen LogP contribution in [0.2, 0.25) is 0 Å². The predicted octanol–water partition coefficient (Wildman–Crippen LogP) is 5.26. The lowest BCUT2D eigenvalue weighted by atomic mass is 10.1. The first-order chi connectivity index (χ1) is 16.9. The van der Waals surface area contributed by atoms with E-state index >= 15 is 0 Å². The Morgan fingerprint density at radius 3 is 2.51 bits per heavy atom. The van der Waals surface area contributed by atoms with Gasteiger partial charge in [0.15, 0.2) is 0 Å². The van der Waals surface area contributed by atoms with E-state index in [1.165, 1.54) is 20.5 Å². The fourth-order valence-electron chi connectivity index (χ4n) is 4.76. The SMILES string of the molecule is Cc1cc(C(=O)N2CCC(Oc3ccc(CN(C)Cc4cc5ccccc5s4)cc3)CC2)n(C)n1. The Bertz CT molecular complexity index is 1270. The summed E-state index contributed by atoms with van der Waals surface area (Å²) in [6.45, 7) is 5.14. The van der Waals surface area contributed by atoms with Gasteiger partial charge < -0.3 is 9.64 Å². The number of nitrogens with zero attached hydrogens (tertiary/aromatic N) is 4. The van der Waals surface area contributed by atoms with E-state index in [2.05, 4.69) is 71.6 Å². The zero-order valence-electron chi connectivity index (χ0n) is 20.6. The van der Waals surface area contributed by atoms with Crippen molar-refractivity contribution in [3.63, 3.8) is 0 Å². The molecule has 0 atom stereocenters. The van der Waals surface area contributed by atoms with Crippen molar-refractivity contribution in [3.05, 3.63) is 82.5 Å². The molecule has 1 aliphatic heterocycles. The van der Waals surface area contributed by atoms with Gasteiger partial charge in [-0.2, -0.15) is 5.10 Å². The minimum absolute atomic E-state index is 0.0515. The lowest BCUT2D eigenvalue weighted by molar-refractivity contribution is 0.0585. The van der Waals surface area contributed by atoms with Crippen LogP contribution in [0.15, 0.2) is 60.7 Å². The lowest BCUT2D eigenvalue weighted by Crippen LogP contribution is -2.42. The number of carbonyl (C=O) groups is 1. The summed E-state index contributed by atoms with van der Waals surface area (Å²) in [5.74, 6) is 0.948. The quantitative estimate of drug-likeness (QED) is 0.356. The summed E-state index contributed by atoms with van der Waals surface area (Å²) in [5, 5.41) is 5.62. The monoisotopic (exact) mass is 488 g/mol. The minimum atomic E-state index is 0.0515. The molecule has 4 aromatic rings. The molecule has 3 heterocycles. The molecule has 1 aliphatic rings. The van der Waals surface area contributed by atoms with Crippen molar-refractivity contribution in [1.29, 1.82) is 0 Å². The second-order valence-electron chi connectivity index (χ2n) is 9.47. The Labute approximate surface area is 210 Å². The minimum Gasteiger partial charge on any atom is -0.490 e. The van der Waals surface area contributed by atoms with Crippen molar-refractivity contribution >= 4 is 27.3 Å². The number of benzene rings is 2. The molecule has 1 saturated heterocycles. The summed E-state index contributed by atoms with van der Waals surface area (Å²) in [5.41, 5.74) is 2.78. The molecule has 5 rings (SSSR count). The van der Waals surface area contributed by atoms with E-state index < -0.39 is 0 Å². The lowest BCUT2D eigenvalue weighted by Gasteiger charge is -2.32. The van der Waals surface area contributed by atoms with Crippen LogP contribution in [0.25, 0.3) is 10.1 Å². The average molecular weight is 489 g/mol. The van der Waals surface area contributed by atoms with Gasteiger partial charge in [0.25, 0.3) is 5.91 Å². The Kier molecular flexibility index (Phi) is 6.88. The van der Waals surface area contributed by atoms with Crippen molar-refractivity contribution < 1.29 is 9.53 Å². The molecule has 0 unspecified atom stereocenters. The van der Waals surface area contributed by atoms with Crippen molar-refractivity contribution in [2.75, 3.05) is 20.1 Å². The molecule has 182 valence electrons. The molecule has 6 nitrogen and oxygen atoms in total. The predicted molar refractivity (Wildman–Crippen MR) is 141 cm³/mol. The second-order valence-corrected chi connectivity index (χ2v) is 10.6. The first kappa shape index (κ1) is 23.6. The summed E-state index contributed by atoms with van der Waals surface area (Å²) in [7, 11) is 3.98. The van der Waals surface area contributed by atoms with Gasteiger partial charge in [0.2, 0.25) is 0 Å². The van der Waals surface area contributed by atoms with Crippen LogP contribution in [0.3, 0.4) is 0 Å². The number of thiophene rings is 1. The van der Waals surface area contributed by atoms with Gasteiger partial charge in [0.05, 0.1) is 5.69 Å². The third-order valence-electron chi connectivity index (χ3n) is 6.53. The van der Waals surface area contributed by atoms with E-state index in [1.54, 1.807) is 4.68 Å². The summed E-state index contributed by atoms with van der Waals surface area (Å²) >= 11 is 1.87. The third kappa shape index (κ3) is 5.57. The van der Waals surface area contributed by atoms with Gasteiger partial charge in [-0.1, -0.05) is 30.3 Å². The highest BCUT2D eigenvalue weighted by Gasteiger charge is 2.26. The third-order valence-corrected chi connectivity index (χ3v) is 7.63. The van der Waals surface area contributed by atoms with Gasteiger partial charge in [0, 0.05) is 55.6 Å². The largest absolute Gasteiger partial charge is 0.490 e. The normalized spacial score (nSPS) is 14.7. The maximum Gasteiger partial charge on any atom is 0.272 e. The summed E-state index contributed by atoms with van der Waals surface area (Å²) in [6, 6.07) is 21.1. The molecule has 2 aromatic heterocycles. The molecule has 0 saturated carbocycles. The number of carbonyl (C=O) groups excluding carboxylic acids is 1. The molecule has 7 heteroatoms. The fraction of sp³-hybridized carbons (Fsp3) is 0.357. The van der Waals surface area contributed by atoms with Crippen molar-refractivity contribution in [2.24, 2.45) is 7.05 Å². The van der Waals surface area contributed by atoms with Gasteiger partial charge >= 0.3 is 0 Å². The van der Waals surface area contributed by atoms with E-state index in [4.69, 9.17) is 4.74 Å². The highest BCUT2D eigenvalue weighted by molar-refractivity contribution is 7.19. The molecule has 0 bridgehead atoms.